The van der Waals surface area contributed by atoms with Crippen molar-refractivity contribution >= 4 is 24.3 Å². The molecule has 0 atom stereocenters. The van der Waals surface area contributed by atoms with Crippen molar-refractivity contribution in [3.8, 4) is 0 Å². The summed E-state index contributed by atoms with van der Waals surface area (Å²) in [6, 6.07) is 13.2. The lowest BCUT2D eigenvalue weighted by Gasteiger charge is -2.03. The normalized spacial score (nSPS) is 11.8. The first kappa shape index (κ1) is 44.5. The van der Waals surface area contributed by atoms with E-state index >= 15 is 0 Å². The minimum Gasteiger partial charge on any atom is -0.356 e. The maximum absolute atomic E-state index is 3.53. The maximum atomic E-state index is 3.53. The van der Waals surface area contributed by atoms with Gasteiger partial charge in [0.2, 0.25) is 0 Å². The van der Waals surface area contributed by atoms with Crippen LogP contribution in [0.3, 0.4) is 0 Å². The van der Waals surface area contributed by atoms with Crippen molar-refractivity contribution in [1.29, 1.82) is 0 Å². The Bertz CT molecular complexity index is 1200. The molecule has 0 fully saturated rings. The van der Waals surface area contributed by atoms with Crippen LogP contribution in [-0.4, -0.2) is 4.98 Å². The summed E-state index contributed by atoms with van der Waals surface area (Å²) in [5.41, 5.74) is 4.73. The highest BCUT2D eigenvalue weighted by atomic mass is 14.9. The van der Waals surface area contributed by atoms with Gasteiger partial charge in [0.05, 0.1) is 0 Å². The molecule has 3 heteroatoms. The van der Waals surface area contributed by atoms with Gasteiger partial charge in [-0.1, -0.05) is 180 Å². The number of pyridine rings is 2. The number of hydrogen-bond acceptors (Lipinski definition) is 0. The summed E-state index contributed by atoms with van der Waals surface area (Å²) >= 11 is 0. The van der Waals surface area contributed by atoms with E-state index in [-0.39, 0.29) is 0 Å². The van der Waals surface area contributed by atoms with Gasteiger partial charge in [-0.2, -0.15) is 0 Å². The average Bonchev–Trinajstić information content (AvgIpc) is 3.65. The third-order valence-corrected chi connectivity index (χ3v) is 11.0. The fraction of sp³-hybridized carbons (Fsp3) is 0.640. The van der Waals surface area contributed by atoms with Crippen LogP contribution in [0.15, 0.2) is 61.2 Å². The van der Waals surface area contributed by atoms with Crippen LogP contribution in [0.5, 0.6) is 0 Å². The van der Waals surface area contributed by atoms with Crippen LogP contribution in [0.25, 0.3) is 24.3 Å². The van der Waals surface area contributed by atoms with Gasteiger partial charge in [-0.05, 0) is 48.3 Å². The van der Waals surface area contributed by atoms with Crippen LogP contribution < -0.4 is 9.13 Å². The van der Waals surface area contributed by atoms with Crippen LogP contribution in [0.4, 0.5) is 0 Å². The van der Waals surface area contributed by atoms with E-state index in [1.165, 1.54) is 191 Å². The second kappa shape index (κ2) is 31.4. The molecular weight excluding hydrogens is 643 g/mol. The predicted molar refractivity (Wildman–Crippen MR) is 233 cm³/mol. The van der Waals surface area contributed by atoms with E-state index in [4.69, 9.17) is 0 Å². The zero-order chi connectivity index (χ0) is 37.3. The van der Waals surface area contributed by atoms with Gasteiger partial charge in [0.25, 0.3) is 0 Å². The molecule has 0 aliphatic heterocycles. The van der Waals surface area contributed by atoms with E-state index in [1.54, 1.807) is 0 Å². The van der Waals surface area contributed by atoms with Gasteiger partial charge in [-0.3, -0.25) is 0 Å². The number of nitrogens with one attached hydrogen (secondary N) is 1. The van der Waals surface area contributed by atoms with E-state index in [9.17, 15) is 0 Å². The Hall–Kier alpha value is -2.94. The van der Waals surface area contributed by atoms with Crippen molar-refractivity contribution in [3.05, 3.63) is 83.7 Å². The number of rotatable bonds is 34. The van der Waals surface area contributed by atoms with Crippen LogP contribution in [0.1, 0.15) is 216 Å². The SMILES string of the molecule is CCCCCCCCCCCCCCCC[n+]1ccc(C=Cc2ccc(C=Cc3cc[n+](CCCCCCCCCCCCCCCC)cc3)[nH]2)cc1. The van der Waals surface area contributed by atoms with E-state index < -0.39 is 0 Å². The van der Waals surface area contributed by atoms with Crippen LogP contribution in [0.2, 0.25) is 0 Å². The Morgan fingerprint density at radius 2 is 0.604 bits per heavy atom. The lowest BCUT2D eigenvalue weighted by atomic mass is 10.0. The second-order valence-corrected chi connectivity index (χ2v) is 16.0. The number of aromatic amines is 1. The molecule has 0 aliphatic rings. The number of hydrogen-bond donors (Lipinski definition) is 1. The van der Waals surface area contributed by atoms with Gasteiger partial charge >= 0.3 is 0 Å². The monoisotopic (exact) mass is 724 g/mol. The molecule has 0 unspecified atom stereocenters. The molecule has 3 aromatic heterocycles. The quantitative estimate of drug-likeness (QED) is 0.0468. The minimum absolute atomic E-state index is 1.12. The molecular formula is C50H81N3+2. The Balaban J connectivity index is 1.19. The van der Waals surface area contributed by atoms with Crippen molar-refractivity contribution in [2.24, 2.45) is 0 Å². The highest BCUT2D eigenvalue weighted by molar-refractivity contribution is 5.71. The van der Waals surface area contributed by atoms with Crippen LogP contribution >= 0.6 is 0 Å². The van der Waals surface area contributed by atoms with E-state index in [0.717, 1.165) is 24.5 Å². The molecule has 0 spiro atoms. The number of H-pyrrole nitrogens is 1. The van der Waals surface area contributed by atoms with E-state index in [1.807, 2.05) is 0 Å². The molecule has 0 aliphatic carbocycles. The summed E-state index contributed by atoms with van der Waals surface area (Å²) in [7, 11) is 0. The molecule has 53 heavy (non-hydrogen) atoms. The van der Waals surface area contributed by atoms with Crippen molar-refractivity contribution in [3.63, 3.8) is 0 Å². The highest BCUT2D eigenvalue weighted by Gasteiger charge is 2.03. The van der Waals surface area contributed by atoms with Gasteiger partial charge < -0.3 is 4.98 Å². The second-order valence-electron chi connectivity index (χ2n) is 16.0. The molecule has 0 aromatic carbocycles. The Morgan fingerprint density at radius 3 is 0.887 bits per heavy atom. The van der Waals surface area contributed by atoms with E-state index in [0.29, 0.717) is 0 Å². The molecule has 0 saturated heterocycles. The lowest BCUT2D eigenvalue weighted by molar-refractivity contribution is -0.697. The first-order valence-electron chi connectivity index (χ1n) is 22.8. The van der Waals surface area contributed by atoms with Crippen LogP contribution in [0, 0.1) is 0 Å². The first-order chi connectivity index (χ1) is 26.3. The van der Waals surface area contributed by atoms with E-state index in [2.05, 4.69) is 113 Å². The van der Waals surface area contributed by atoms with Crippen LogP contribution in [-0.2, 0) is 13.1 Å². The predicted octanol–water partition coefficient (Wildman–Crippen LogP) is 14.9. The molecule has 294 valence electrons. The highest BCUT2D eigenvalue weighted by Crippen LogP contribution is 2.15. The fourth-order valence-electron chi connectivity index (χ4n) is 7.43. The zero-order valence-electron chi connectivity index (χ0n) is 34.7. The van der Waals surface area contributed by atoms with Gasteiger partial charge in [0, 0.05) is 48.5 Å². The molecule has 0 amide bonds. The molecule has 3 nitrogen and oxygen atoms in total. The Morgan fingerprint density at radius 1 is 0.340 bits per heavy atom. The fourth-order valence-corrected chi connectivity index (χ4v) is 7.43. The molecule has 3 rings (SSSR count). The largest absolute Gasteiger partial charge is 0.356 e. The molecule has 0 bridgehead atoms. The summed E-state index contributed by atoms with van der Waals surface area (Å²) in [6.45, 7) is 6.84. The Labute approximate surface area is 327 Å². The number of aromatic nitrogens is 3. The van der Waals surface area contributed by atoms with Gasteiger partial charge in [0.1, 0.15) is 13.1 Å². The zero-order valence-corrected chi connectivity index (χ0v) is 34.7. The third kappa shape index (κ3) is 23.5. The van der Waals surface area contributed by atoms with Gasteiger partial charge in [-0.25, -0.2) is 9.13 Å². The molecule has 0 radical (unpaired) electrons. The molecule has 1 N–H and O–H groups in total. The summed E-state index contributed by atoms with van der Waals surface area (Å²) in [6.07, 6.45) is 57.2. The maximum Gasteiger partial charge on any atom is 0.169 e. The first-order valence-corrected chi connectivity index (χ1v) is 22.8. The number of aryl methyl sites for hydroxylation is 2. The number of unbranched alkanes of at least 4 members (excludes halogenated alkanes) is 26. The number of nitrogens with zero attached hydrogens (tertiary/aromatic N) is 2. The Kier molecular flexibility index (Phi) is 26.4. The van der Waals surface area contributed by atoms with Crippen molar-refractivity contribution in [2.75, 3.05) is 0 Å². The van der Waals surface area contributed by atoms with Gasteiger partial charge in [-0.15, -0.1) is 0 Å². The van der Waals surface area contributed by atoms with Gasteiger partial charge in [0.15, 0.2) is 24.8 Å². The molecule has 3 aromatic rings. The topological polar surface area (TPSA) is 23.5 Å². The summed E-state index contributed by atoms with van der Waals surface area (Å²) in [4.78, 5) is 3.53. The standard InChI is InChI=1S/C50H80N3/c1-3-5-7-9-11-13-15-17-19-21-23-25-27-29-41-52-43-37-47(38-44-52)31-33-49-35-36-50(51-49)34-32-48-39-45-53(46-40-48)42-30-28-26-24-22-20-18-16-14-12-10-8-6-4-2/h31-40,43-46H,3-30,41-42H2,1-2H3/q+1/p+1. The van der Waals surface area contributed by atoms with Crippen molar-refractivity contribution < 1.29 is 9.13 Å². The molecule has 3 heterocycles. The lowest BCUT2D eigenvalue weighted by Crippen LogP contribution is -2.32. The third-order valence-electron chi connectivity index (χ3n) is 11.0. The smallest absolute Gasteiger partial charge is 0.169 e. The summed E-state index contributed by atoms with van der Waals surface area (Å²) in [5.74, 6) is 0. The van der Waals surface area contributed by atoms with Crippen molar-refractivity contribution in [2.45, 2.75) is 207 Å². The summed E-state index contributed by atoms with van der Waals surface area (Å²) in [5, 5.41) is 0. The average molecular weight is 724 g/mol. The minimum atomic E-state index is 1.12. The summed E-state index contributed by atoms with van der Waals surface area (Å²) < 4.78 is 4.67. The molecule has 0 saturated carbocycles. The van der Waals surface area contributed by atoms with Crippen molar-refractivity contribution in [1.82, 2.24) is 4.98 Å².